The lowest BCUT2D eigenvalue weighted by Crippen LogP contribution is -2.00. The standard InChI is InChI=1S/C15H15N3O2/c19-9-11-7-18(13-4-2-1-3-12(11)13)8-14-16-15(20-17-14)10-5-6-10/h1-4,7,10,19H,5-6,8-9H2. The van der Waals surface area contributed by atoms with Crippen molar-refractivity contribution in [1.82, 2.24) is 14.7 Å². The third kappa shape index (κ3) is 1.91. The van der Waals surface area contributed by atoms with Gasteiger partial charge in [-0.1, -0.05) is 23.4 Å². The Morgan fingerprint density at radius 3 is 2.95 bits per heavy atom. The molecule has 5 heteroatoms. The molecule has 1 saturated carbocycles. The second-order valence-electron chi connectivity index (χ2n) is 5.28. The van der Waals surface area contributed by atoms with Gasteiger partial charge in [0.05, 0.1) is 13.2 Å². The van der Waals surface area contributed by atoms with E-state index in [1.54, 1.807) is 0 Å². The third-order valence-corrected chi connectivity index (χ3v) is 3.76. The van der Waals surface area contributed by atoms with Crippen molar-refractivity contribution in [2.24, 2.45) is 0 Å². The van der Waals surface area contributed by atoms with Crippen LogP contribution < -0.4 is 0 Å². The van der Waals surface area contributed by atoms with Crippen LogP contribution in [0.25, 0.3) is 10.9 Å². The maximum Gasteiger partial charge on any atom is 0.229 e. The molecular formula is C15H15N3O2. The van der Waals surface area contributed by atoms with E-state index in [-0.39, 0.29) is 6.61 Å². The van der Waals surface area contributed by atoms with Crippen LogP contribution in [-0.4, -0.2) is 19.8 Å². The van der Waals surface area contributed by atoms with Crippen LogP contribution in [0.2, 0.25) is 0 Å². The van der Waals surface area contributed by atoms with Gasteiger partial charge in [-0.05, 0) is 18.9 Å². The summed E-state index contributed by atoms with van der Waals surface area (Å²) in [4.78, 5) is 4.45. The smallest absolute Gasteiger partial charge is 0.229 e. The number of para-hydroxylation sites is 1. The molecule has 0 aliphatic heterocycles. The summed E-state index contributed by atoms with van der Waals surface area (Å²) in [6.07, 6.45) is 4.27. The number of rotatable bonds is 4. The monoisotopic (exact) mass is 269 g/mol. The Hall–Kier alpha value is -2.14. The van der Waals surface area contributed by atoms with Crippen molar-refractivity contribution < 1.29 is 9.63 Å². The van der Waals surface area contributed by atoms with E-state index in [0.29, 0.717) is 18.3 Å². The molecule has 20 heavy (non-hydrogen) atoms. The number of fused-ring (bicyclic) bond motifs is 1. The van der Waals surface area contributed by atoms with Crippen molar-refractivity contribution in [2.75, 3.05) is 0 Å². The summed E-state index contributed by atoms with van der Waals surface area (Å²) in [5, 5.41) is 14.6. The molecule has 0 radical (unpaired) electrons. The van der Waals surface area contributed by atoms with E-state index in [0.717, 1.165) is 35.2 Å². The minimum absolute atomic E-state index is 0.0348. The molecule has 0 amide bonds. The Morgan fingerprint density at radius 2 is 2.15 bits per heavy atom. The summed E-state index contributed by atoms with van der Waals surface area (Å²) in [6.45, 7) is 0.601. The Kier molecular flexibility index (Phi) is 2.60. The lowest BCUT2D eigenvalue weighted by molar-refractivity contribution is 0.283. The second kappa shape index (κ2) is 4.45. The molecule has 0 unspecified atom stereocenters. The molecule has 102 valence electrons. The first-order chi connectivity index (χ1) is 9.85. The second-order valence-corrected chi connectivity index (χ2v) is 5.28. The van der Waals surface area contributed by atoms with Crippen molar-refractivity contribution in [3.05, 3.63) is 47.7 Å². The highest BCUT2D eigenvalue weighted by Crippen LogP contribution is 2.38. The van der Waals surface area contributed by atoms with Crippen LogP contribution in [0.4, 0.5) is 0 Å². The van der Waals surface area contributed by atoms with Gasteiger partial charge < -0.3 is 14.2 Å². The number of nitrogens with zero attached hydrogens (tertiary/aromatic N) is 3. The fourth-order valence-electron chi connectivity index (χ4n) is 2.56. The average Bonchev–Trinajstić information content (AvgIpc) is 3.13. The van der Waals surface area contributed by atoms with Crippen molar-refractivity contribution in [1.29, 1.82) is 0 Å². The highest BCUT2D eigenvalue weighted by Gasteiger charge is 2.29. The van der Waals surface area contributed by atoms with Crippen LogP contribution in [-0.2, 0) is 13.2 Å². The molecular weight excluding hydrogens is 254 g/mol. The van der Waals surface area contributed by atoms with Crippen molar-refractivity contribution in [2.45, 2.75) is 31.9 Å². The van der Waals surface area contributed by atoms with Crippen molar-refractivity contribution >= 4 is 10.9 Å². The summed E-state index contributed by atoms with van der Waals surface area (Å²) in [5.74, 6) is 1.93. The van der Waals surface area contributed by atoms with Gasteiger partial charge in [0.25, 0.3) is 0 Å². The highest BCUT2D eigenvalue weighted by atomic mass is 16.5. The molecule has 0 atom stereocenters. The van der Waals surface area contributed by atoms with Crippen molar-refractivity contribution in [3.63, 3.8) is 0 Å². The van der Waals surface area contributed by atoms with E-state index in [2.05, 4.69) is 14.7 Å². The van der Waals surface area contributed by atoms with Gasteiger partial charge in [-0.3, -0.25) is 0 Å². The number of aliphatic hydroxyl groups is 1. The largest absolute Gasteiger partial charge is 0.392 e. The highest BCUT2D eigenvalue weighted by molar-refractivity contribution is 5.83. The number of aromatic nitrogens is 3. The van der Waals surface area contributed by atoms with E-state index >= 15 is 0 Å². The van der Waals surface area contributed by atoms with Gasteiger partial charge in [0.15, 0.2) is 5.82 Å². The summed E-state index contributed by atoms with van der Waals surface area (Å²) in [5.41, 5.74) is 2.00. The Labute approximate surface area is 115 Å². The Balaban J connectivity index is 1.70. The number of hydrogen-bond acceptors (Lipinski definition) is 4. The zero-order valence-corrected chi connectivity index (χ0v) is 11.0. The predicted octanol–water partition coefficient (Wildman–Crippen LogP) is 2.44. The van der Waals surface area contributed by atoms with Gasteiger partial charge >= 0.3 is 0 Å². The zero-order valence-electron chi connectivity index (χ0n) is 11.0. The number of benzene rings is 1. The average molecular weight is 269 g/mol. The molecule has 0 bridgehead atoms. The first kappa shape index (κ1) is 11.7. The number of hydrogen-bond donors (Lipinski definition) is 1. The maximum atomic E-state index is 9.44. The third-order valence-electron chi connectivity index (χ3n) is 3.76. The fourth-order valence-corrected chi connectivity index (χ4v) is 2.56. The summed E-state index contributed by atoms with van der Waals surface area (Å²) in [6, 6.07) is 8.02. The van der Waals surface area contributed by atoms with E-state index in [1.807, 2.05) is 30.5 Å². The van der Waals surface area contributed by atoms with Gasteiger partial charge in [-0.15, -0.1) is 0 Å². The maximum absolute atomic E-state index is 9.44. The van der Waals surface area contributed by atoms with Crippen LogP contribution in [0.15, 0.2) is 35.0 Å². The molecule has 1 aliphatic carbocycles. The molecule has 4 rings (SSSR count). The molecule has 1 N–H and O–H groups in total. The molecule has 3 aromatic rings. The molecule has 1 aliphatic rings. The topological polar surface area (TPSA) is 64.1 Å². The summed E-state index contributed by atoms with van der Waals surface area (Å²) >= 11 is 0. The van der Waals surface area contributed by atoms with E-state index in [4.69, 9.17) is 4.52 Å². The zero-order chi connectivity index (χ0) is 13.5. The fraction of sp³-hybridized carbons (Fsp3) is 0.333. The summed E-state index contributed by atoms with van der Waals surface area (Å²) in [7, 11) is 0. The van der Waals surface area contributed by atoms with Crippen LogP contribution in [0, 0.1) is 0 Å². The van der Waals surface area contributed by atoms with Crippen LogP contribution in [0.1, 0.15) is 36.0 Å². The molecule has 1 aromatic carbocycles. The molecule has 2 aromatic heterocycles. The van der Waals surface area contributed by atoms with Gasteiger partial charge in [0, 0.05) is 28.6 Å². The van der Waals surface area contributed by atoms with Gasteiger partial charge in [-0.2, -0.15) is 4.98 Å². The van der Waals surface area contributed by atoms with Crippen LogP contribution in [0.5, 0.6) is 0 Å². The molecule has 0 saturated heterocycles. The molecule has 5 nitrogen and oxygen atoms in total. The quantitative estimate of drug-likeness (QED) is 0.790. The van der Waals surface area contributed by atoms with Gasteiger partial charge in [0.1, 0.15) is 0 Å². The lowest BCUT2D eigenvalue weighted by atomic mass is 10.2. The normalized spacial score (nSPS) is 15.1. The first-order valence-electron chi connectivity index (χ1n) is 6.85. The first-order valence-corrected chi connectivity index (χ1v) is 6.85. The van der Waals surface area contributed by atoms with E-state index in [9.17, 15) is 5.11 Å². The minimum atomic E-state index is 0.0348. The Morgan fingerprint density at radius 1 is 1.30 bits per heavy atom. The van der Waals surface area contributed by atoms with Crippen molar-refractivity contribution in [3.8, 4) is 0 Å². The predicted molar refractivity (Wildman–Crippen MR) is 73.2 cm³/mol. The minimum Gasteiger partial charge on any atom is -0.392 e. The lowest BCUT2D eigenvalue weighted by Gasteiger charge is -2.00. The summed E-state index contributed by atoms with van der Waals surface area (Å²) < 4.78 is 7.34. The van der Waals surface area contributed by atoms with Gasteiger partial charge in [0.2, 0.25) is 5.89 Å². The SMILES string of the molecule is OCc1cn(Cc2noc(C3CC3)n2)c2ccccc12. The van der Waals surface area contributed by atoms with Crippen LogP contribution in [0.3, 0.4) is 0 Å². The van der Waals surface area contributed by atoms with E-state index in [1.165, 1.54) is 0 Å². The molecule has 2 heterocycles. The molecule has 0 spiro atoms. The van der Waals surface area contributed by atoms with E-state index < -0.39 is 0 Å². The molecule has 1 fully saturated rings. The Bertz CT molecular complexity index is 755. The van der Waals surface area contributed by atoms with Crippen LogP contribution >= 0.6 is 0 Å². The number of aliphatic hydroxyl groups excluding tert-OH is 1. The van der Waals surface area contributed by atoms with Gasteiger partial charge in [-0.25, -0.2) is 0 Å².